The molecule has 2 aliphatic heterocycles. The van der Waals surface area contributed by atoms with Gasteiger partial charge in [-0.05, 0) is 50.8 Å². The average Bonchev–Trinajstić information content (AvgIpc) is 3.07. The van der Waals surface area contributed by atoms with Gasteiger partial charge in [-0.15, -0.1) is 10.2 Å². The van der Waals surface area contributed by atoms with E-state index in [0.29, 0.717) is 34.9 Å². The maximum atomic E-state index is 10.5. The van der Waals surface area contributed by atoms with Crippen LogP contribution in [0.15, 0.2) is 36.5 Å². The lowest BCUT2D eigenvalue weighted by Gasteiger charge is -2.39. The zero-order valence-electron chi connectivity index (χ0n) is 17.0. The third-order valence-electron chi connectivity index (χ3n) is 6.06. The van der Waals surface area contributed by atoms with Gasteiger partial charge in [-0.2, -0.15) is 5.10 Å². The van der Waals surface area contributed by atoms with Gasteiger partial charge in [0.05, 0.1) is 29.0 Å². The maximum Gasteiger partial charge on any atom is 0.233 e. The van der Waals surface area contributed by atoms with Crippen molar-refractivity contribution in [3.63, 3.8) is 0 Å². The molecule has 1 aromatic carbocycles. The molecule has 3 atom stereocenters. The monoisotopic (exact) mass is 406 g/mol. The Labute approximate surface area is 175 Å². The summed E-state index contributed by atoms with van der Waals surface area (Å²) in [6.07, 6.45) is 7.68. The second-order valence-corrected chi connectivity index (χ2v) is 8.28. The Hall–Kier alpha value is -3.13. The average molecular weight is 406 g/mol. The number of nitrogens with one attached hydrogen (secondary N) is 1. The van der Waals surface area contributed by atoms with Crippen molar-refractivity contribution in [1.29, 1.82) is 0 Å². The Bertz CT molecular complexity index is 1020. The highest BCUT2D eigenvalue weighted by Gasteiger charge is 2.32. The molecule has 4 heterocycles. The summed E-state index contributed by atoms with van der Waals surface area (Å²) >= 11 is 0. The highest BCUT2D eigenvalue weighted by atomic mass is 16.5. The number of piperidine rings is 2. The topological polar surface area (TPSA) is 111 Å². The lowest BCUT2D eigenvalue weighted by atomic mass is 9.85. The van der Waals surface area contributed by atoms with Gasteiger partial charge < -0.3 is 20.9 Å². The molecule has 2 aromatic heterocycles. The molecule has 8 nitrogen and oxygen atoms in total. The Kier molecular flexibility index (Phi) is 4.78. The van der Waals surface area contributed by atoms with E-state index < -0.39 is 0 Å². The highest BCUT2D eigenvalue weighted by molar-refractivity contribution is 5.68. The van der Waals surface area contributed by atoms with Gasteiger partial charge >= 0.3 is 0 Å². The molecule has 0 amide bonds. The van der Waals surface area contributed by atoms with Crippen LogP contribution in [0.2, 0.25) is 0 Å². The van der Waals surface area contributed by atoms with Gasteiger partial charge in [0.2, 0.25) is 5.88 Å². The fourth-order valence-corrected chi connectivity index (χ4v) is 4.49. The van der Waals surface area contributed by atoms with Crippen LogP contribution in [-0.2, 0) is 0 Å². The number of rotatable bonds is 4. The minimum Gasteiger partial charge on any atom is -0.507 e. The summed E-state index contributed by atoms with van der Waals surface area (Å²) in [6, 6.07) is 10.1. The van der Waals surface area contributed by atoms with E-state index in [9.17, 15) is 5.11 Å². The van der Waals surface area contributed by atoms with Crippen molar-refractivity contribution >= 4 is 5.69 Å². The van der Waals surface area contributed by atoms with Crippen LogP contribution in [-0.4, -0.2) is 43.3 Å². The fourth-order valence-electron chi connectivity index (χ4n) is 4.49. The lowest BCUT2D eigenvalue weighted by Crippen LogP contribution is -2.51. The lowest BCUT2D eigenvalue weighted by molar-refractivity contribution is 0.0881. The first kappa shape index (κ1) is 18.9. The van der Waals surface area contributed by atoms with Crippen molar-refractivity contribution in [3.8, 4) is 28.6 Å². The number of phenolic OH excluding ortho intramolecular Hbond substituents is 1. The number of anilines is 1. The summed E-state index contributed by atoms with van der Waals surface area (Å²) in [5.41, 5.74) is 9.13. The Morgan fingerprint density at radius 2 is 1.93 bits per heavy atom. The molecule has 156 valence electrons. The van der Waals surface area contributed by atoms with Crippen LogP contribution in [0.5, 0.6) is 11.6 Å². The number of nitrogen functional groups attached to an aromatic ring is 1. The summed E-state index contributed by atoms with van der Waals surface area (Å²) in [4.78, 5) is 0. The van der Waals surface area contributed by atoms with Crippen molar-refractivity contribution in [1.82, 2.24) is 25.3 Å². The smallest absolute Gasteiger partial charge is 0.233 e. The molecule has 0 spiro atoms. The SMILES string of the molecule is Cc1nn(-c2ccc(-c3ccc(OC4C[C@H]5CCC[C@@H](C4)N5)nn3)c(O)c2)cc1N. The number of nitrogens with two attached hydrogens (primary N) is 1. The molecule has 2 saturated heterocycles. The van der Waals surface area contributed by atoms with E-state index in [4.69, 9.17) is 10.5 Å². The molecule has 2 aliphatic rings. The van der Waals surface area contributed by atoms with Crippen molar-refractivity contribution < 1.29 is 9.84 Å². The van der Waals surface area contributed by atoms with E-state index in [2.05, 4.69) is 20.6 Å². The van der Waals surface area contributed by atoms with E-state index in [-0.39, 0.29) is 11.9 Å². The van der Waals surface area contributed by atoms with E-state index >= 15 is 0 Å². The van der Waals surface area contributed by atoms with Gasteiger partial charge in [-0.3, -0.25) is 0 Å². The third-order valence-corrected chi connectivity index (χ3v) is 6.06. The van der Waals surface area contributed by atoms with Crippen molar-refractivity contribution in [2.45, 2.75) is 57.2 Å². The predicted octanol–water partition coefficient (Wildman–Crippen LogP) is 2.98. The highest BCUT2D eigenvalue weighted by Crippen LogP contribution is 2.31. The van der Waals surface area contributed by atoms with Crippen molar-refractivity contribution in [2.75, 3.05) is 5.73 Å². The van der Waals surface area contributed by atoms with Gasteiger partial charge in [0.25, 0.3) is 0 Å². The third kappa shape index (κ3) is 3.70. The number of aromatic nitrogens is 4. The zero-order chi connectivity index (χ0) is 20.7. The van der Waals surface area contributed by atoms with Crippen LogP contribution < -0.4 is 15.8 Å². The molecule has 2 bridgehead atoms. The van der Waals surface area contributed by atoms with Crippen molar-refractivity contribution in [3.05, 3.63) is 42.2 Å². The maximum absolute atomic E-state index is 10.5. The summed E-state index contributed by atoms with van der Waals surface area (Å²) in [7, 11) is 0. The summed E-state index contributed by atoms with van der Waals surface area (Å²) in [5.74, 6) is 0.635. The number of hydrogen-bond acceptors (Lipinski definition) is 7. The standard InChI is InChI=1S/C22H26N6O2/c1-13-19(23)12-28(27-13)16-5-6-18(21(29)11-16)20-7-8-22(26-25-20)30-17-9-14-3-2-4-15(10-17)24-14/h5-8,11-12,14-15,17,24,29H,2-4,9-10,23H2,1H3/t14-,15+,17?. The van der Waals surface area contributed by atoms with E-state index in [1.165, 1.54) is 19.3 Å². The molecule has 0 aliphatic carbocycles. The Morgan fingerprint density at radius 1 is 1.13 bits per heavy atom. The number of aromatic hydroxyl groups is 1. The number of nitrogens with zero attached hydrogens (tertiary/aromatic N) is 4. The van der Waals surface area contributed by atoms with E-state index in [1.54, 1.807) is 23.0 Å². The molecule has 3 aromatic rings. The summed E-state index contributed by atoms with van der Waals surface area (Å²) < 4.78 is 7.75. The molecule has 8 heteroatoms. The van der Waals surface area contributed by atoms with Crippen LogP contribution in [0.1, 0.15) is 37.8 Å². The van der Waals surface area contributed by atoms with Gasteiger partial charge in [0.1, 0.15) is 11.9 Å². The molecular formula is C22H26N6O2. The number of benzene rings is 1. The quantitative estimate of drug-likeness (QED) is 0.611. The molecular weight excluding hydrogens is 380 g/mol. The summed E-state index contributed by atoms with van der Waals surface area (Å²) in [6.45, 7) is 1.84. The largest absolute Gasteiger partial charge is 0.507 e. The fraction of sp³-hybridized carbons (Fsp3) is 0.409. The van der Waals surface area contributed by atoms with E-state index in [1.807, 2.05) is 25.1 Å². The van der Waals surface area contributed by atoms with Gasteiger partial charge in [0.15, 0.2) is 0 Å². The molecule has 2 fully saturated rings. The van der Waals surface area contributed by atoms with E-state index in [0.717, 1.165) is 24.2 Å². The number of aryl methyl sites for hydroxylation is 1. The second kappa shape index (κ2) is 7.60. The molecule has 5 rings (SSSR count). The predicted molar refractivity (Wildman–Crippen MR) is 114 cm³/mol. The first-order valence-electron chi connectivity index (χ1n) is 10.5. The van der Waals surface area contributed by atoms with Crippen molar-refractivity contribution in [2.24, 2.45) is 0 Å². The Morgan fingerprint density at radius 3 is 2.57 bits per heavy atom. The molecule has 0 radical (unpaired) electrons. The molecule has 0 saturated carbocycles. The minimum absolute atomic E-state index is 0.105. The first-order valence-corrected chi connectivity index (χ1v) is 10.5. The first-order chi connectivity index (χ1) is 14.5. The van der Waals surface area contributed by atoms with Gasteiger partial charge in [-0.25, -0.2) is 4.68 Å². The number of hydrogen-bond donors (Lipinski definition) is 3. The van der Waals surface area contributed by atoms with Gasteiger partial charge in [-0.1, -0.05) is 6.42 Å². The number of fused-ring (bicyclic) bond motifs is 2. The molecule has 30 heavy (non-hydrogen) atoms. The van der Waals surface area contributed by atoms with Crippen LogP contribution >= 0.6 is 0 Å². The summed E-state index contributed by atoms with van der Waals surface area (Å²) in [5, 5.41) is 27.1. The van der Waals surface area contributed by atoms with Crippen LogP contribution in [0.4, 0.5) is 5.69 Å². The van der Waals surface area contributed by atoms with Crippen LogP contribution in [0.3, 0.4) is 0 Å². The number of ether oxygens (including phenoxy) is 1. The normalized spacial score (nSPS) is 23.3. The molecule has 4 N–H and O–H groups in total. The Balaban J connectivity index is 1.30. The molecule has 1 unspecified atom stereocenters. The van der Waals surface area contributed by atoms with Crippen LogP contribution in [0.25, 0.3) is 16.9 Å². The number of phenols is 1. The zero-order valence-corrected chi connectivity index (χ0v) is 17.0. The second-order valence-electron chi connectivity index (χ2n) is 8.28. The minimum atomic E-state index is 0.105. The van der Waals surface area contributed by atoms with Gasteiger partial charge in [0, 0.05) is 29.8 Å². The van der Waals surface area contributed by atoms with Crippen LogP contribution in [0, 0.1) is 6.92 Å².